The van der Waals surface area contributed by atoms with Crippen molar-refractivity contribution in [2.75, 3.05) is 11.9 Å². The molecule has 2 atom stereocenters. The predicted molar refractivity (Wildman–Crippen MR) is 75.5 cm³/mol. The van der Waals surface area contributed by atoms with Crippen LogP contribution < -0.4 is 10.6 Å². The van der Waals surface area contributed by atoms with E-state index in [1.807, 2.05) is 0 Å². The van der Waals surface area contributed by atoms with Crippen molar-refractivity contribution in [3.8, 4) is 6.07 Å². The molecule has 6 heteroatoms. The Labute approximate surface area is 120 Å². The Morgan fingerprint density at radius 3 is 3.11 bits per heavy atom. The molecule has 1 aliphatic rings. The lowest BCUT2D eigenvalue weighted by molar-refractivity contribution is -0.117. The summed E-state index contributed by atoms with van der Waals surface area (Å²) in [5.41, 5.74) is 0.727. The third kappa shape index (κ3) is 3.52. The maximum absolute atomic E-state index is 12.1. The van der Waals surface area contributed by atoms with Gasteiger partial charge in [-0.3, -0.25) is 4.79 Å². The second-order valence-corrected chi connectivity index (χ2v) is 5.58. The van der Waals surface area contributed by atoms with E-state index in [9.17, 15) is 4.79 Å². The smallest absolute Gasteiger partial charge is 0.242 e. The van der Waals surface area contributed by atoms with Crippen molar-refractivity contribution < 1.29 is 4.79 Å². The van der Waals surface area contributed by atoms with Gasteiger partial charge in [-0.05, 0) is 40.9 Å². The molecule has 1 aliphatic heterocycles. The number of carbonyl (C=O) groups is 1. The number of hydrogen-bond donors (Lipinski definition) is 2. The van der Waals surface area contributed by atoms with Crippen molar-refractivity contribution in [2.24, 2.45) is 5.92 Å². The summed E-state index contributed by atoms with van der Waals surface area (Å²) in [6, 6.07) is 5.45. The van der Waals surface area contributed by atoms with E-state index in [0.29, 0.717) is 16.3 Å². The lowest BCUT2D eigenvalue weighted by Crippen LogP contribution is -2.36. The fourth-order valence-corrected chi connectivity index (χ4v) is 2.43. The molecule has 0 saturated carbocycles. The quantitative estimate of drug-likeness (QED) is 0.832. The van der Waals surface area contributed by atoms with Crippen molar-refractivity contribution in [2.45, 2.75) is 25.8 Å². The van der Waals surface area contributed by atoms with E-state index in [1.54, 1.807) is 12.1 Å². The largest absolute Gasteiger partial charge is 0.309 e. The molecule has 0 radical (unpaired) electrons. The van der Waals surface area contributed by atoms with Gasteiger partial charge in [0.05, 0.1) is 18.5 Å². The maximum Gasteiger partial charge on any atom is 0.242 e. The van der Waals surface area contributed by atoms with Crippen molar-refractivity contribution in [1.29, 1.82) is 5.26 Å². The highest BCUT2D eigenvalue weighted by atomic mass is 79.9. The number of halogens is 1. The van der Waals surface area contributed by atoms with Crippen molar-refractivity contribution in [3.05, 3.63) is 22.3 Å². The van der Waals surface area contributed by atoms with Gasteiger partial charge in [0.25, 0.3) is 0 Å². The molecule has 1 saturated heterocycles. The zero-order valence-corrected chi connectivity index (χ0v) is 12.2. The molecule has 100 valence electrons. The molecule has 0 unspecified atom stereocenters. The number of nitrogens with one attached hydrogen (secondary N) is 2. The molecule has 0 bridgehead atoms. The minimum absolute atomic E-state index is 0.0888. The fraction of sp³-hybridized carbons (Fsp3) is 0.462. The summed E-state index contributed by atoms with van der Waals surface area (Å²) in [5, 5.41) is 14.8. The molecular weight excluding hydrogens is 308 g/mol. The van der Waals surface area contributed by atoms with Crippen LogP contribution in [-0.2, 0) is 11.2 Å². The Balaban J connectivity index is 2.11. The van der Waals surface area contributed by atoms with E-state index in [4.69, 9.17) is 5.26 Å². The highest BCUT2D eigenvalue weighted by molar-refractivity contribution is 9.10. The molecular formula is C13H15BrN4O. The predicted octanol–water partition coefficient (Wildman–Crippen LogP) is 1.85. The molecule has 2 heterocycles. The van der Waals surface area contributed by atoms with Gasteiger partial charge in [-0.15, -0.1) is 0 Å². The summed E-state index contributed by atoms with van der Waals surface area (Å²) in [6.45, 7) is 2.97. The molecule has 1 aromatic heterocycles. The Morgan fingerprint density at radius 1 is 1.68 bits per heavy atom. The summed E-state index contributed by atoms with van der Waals surface area (Å²) < 4.78 is 0.636. The number of nitrogens with zero attached hydrogens (tertiary/aromatic N) is 2. The lowest BCUT2D eigenvalue weighted by Gasteiger charge is -2.13. The minimum atomic E-state index is -0.175. The summed E-state index contributed by atoms with van der Waals surface area (Å²) in [6.07, 6.45) is 1.05. The van der Waals surface area contributed by atoms with Gasteiger partial charge >= 0.3 is 0 Å². The number of carbonyl (C=O) groups excluding carboxylic acids is 1. The van der Waals surface area contributed by atoms with E-state index in [2.05, 4.69) is 44.5 Å². The van der Waals surface area contributed by atoms with Crippen molar-refractivity contribution in [3.63, 3.8) is 0 Å². The fourth-order valence-electron chi connectivity index (χ4n) is 2.12. The molecule has 2 N–H and O–H groups in total. The first-order valence-corrected chi connectivity index (χ1v) is 6.96. The van der Waals surface area contributed by atoms with Crippen LogP contribution >= 0.6 is 15.9 Å². The van der Waals surface area contributed by atoms with E-state index in [0.717, 1.165) is 18.5 Å². The molecule has 1 aromatic rings. The Hall–Kier alpha value is -1.45. The van der Waals surface area contributed by atoms with Crippen LogP contribution in [0.3, 0.4) is 0 Å². The van der Waals surface area contributed by atoms with Gasteiger partial charge in [0.2, 0.25) is 5.91 Å². The lowest BCUT2D eigenvalue weighted by atomic mass is 10.1. The minimum Gasteiger partial charge on any atom is -0.309 e. The number of pyridine rings is 1. The van der Waals surface area contributed by atoms with E-state index < -0.39 is 0 Å². The van der Waals surface area contributed by atoms with Crippen molar-refractivity contribution >= 4 is 27.7 Å². The standard InChI is InChI=1S/C13H15BrN4O/c1-8-6-10(16-7-8)13(19)18-12-9(4-5-15)2-3-11(14)17-12/h2-3,8,10,16H,4,6-7H2,1H3,(H,17,18,19)/t8-,10-/m0/s1. The van der Waals surface area contributed by atoms with Crippen LogP contribution in [0.25, 0.3) is 0 Å². The van der Waals surface area contributed by atoms with E-state index in [-0.39, 0.29) is 18.4 Å². The van der Waals surface area contributed by atoms with Gasteiger partial charge in [0.1, 0.15) is 10.4 Å². The highest BCUT2D eigenvalue weighted by Gasteiger charge is 2.27. The molecule has 2 rings (SSSR count). The summed E-state index contributed by atoms with van der Waals surface area (Å²) >= 11 is 3.27. The number of nitriles is 1. The van der Waals surface area contributed by atoms with E-state index >= 15 is 0 Å². The molecule has 0 spiro atoms. The summed E-state index contributed by atoms with van der Waals surface area (Å²) in [7, 11) is 0. The van der Waals surface area contributed by atoms with Crippen LogP contribution in [0.2, 0.25) is 0 Å². The van der Waals surface area contributed by atoms with Gasteiger partial charge in [-0.2, -0.15) is 5.26 Å². The molecule has 0 aliphatic carbocycles. The van der Waals surface area contributed by atoms with Crippen LogP contribution in [0.5, 0.6) is 0 Å². The topological polar surface area (TPSA) is 77.8 Å². The van der Waals surface area contributed by atoms with E-state index in [1.165, 1.54) is 0 Å². The summed E-state index contributed by atoms with van der Waals surface area (Å²) in [5.74, 6) is 0.876. The average molecular weight is 323 g/mol. The van der Waals surface area contributed by atoms with Crippen molar-refractivity contribution in [1.82, 2.24) is 10.3 Å². The second kappa shape index (κ2) is 6.13. The van der Waals surface area contributed by atoms with Crippen LogP contribution in [-0.4, -0.2) is 23.5 Å². The molecule has 19 heavy (non-hydrogen) atoms. The van der Waals surface area contributed by atoms with Crippen LogP contribution in [0.1, 0.15) is 18.9 Å². The number of hydrogen-bond acceptors (Lipinski definition) is 4. The van der Waals surface area contributed by atoms with Gasteiger partial charge in [-0.25, -0.2) is 4.98 Å². The summed E-state index contributed by atoms with van der Waals surface area (Å²) in [4.78, 5) is 16.3. The average Bonchev–Trinajstić information content (AvgIpc) is 2.80. The molecule has 5 nitrogen and oxygen atoms in total. The SMILES string of the molecule is C[C@@H]1CN[C@H](C(=O)Nc2nc(Br)ccc2CC#N)C1. The molecule has 0 aromatic carbocycles. The zero-order valence-electron chi connectivity index (χ0n) is 10.6. The number of aromatic nitrogens is 1. The molecule has 1 fully saturated rings. The third-order valence-electron chi connectivity index (χ3n) is 3.12. The highest BCUT2D eigenvalue weighted by Crippen LogP contribution is 2.19. The second-order valence-electron chi connectivity index (χ2n) is 4.77. The Kier molecular flexibility index (Phi) is 4.51. The monoisotopic (exact) mass is 322 g/mol. The number of rotatable bonds is 3. The Bertz CT molecular complexity index is 526. The van der Waals surface area contributed by atoms with Gasteiger partial charge in [-0.1, -0.05) is 13.0 Å². The molecule has 1 amide bonds. The van der Waals surface area contributed by atoms with Gasteiger partial charge < -0.3 is 10.6 Å². The first kappa shape index (κ1) is 14.0. The number of amides is 1. The Morgan fingerprint density at radius 2 is 2.47 bits per heavy atom. The first-order valence-electron chi connectivity index (χ1n) is 6.16. The maximum atomic E-state index is 12.1. The van der Waals surface area contributed by atoms with Gasteiger partial charge in [0.15, 0.2) is 0 Å². The van der Waals surface area contributed by atoms with Crippen LogP contribution in [0.4, 0.5) is 5.82 Å². The normalized spacial score (nSPS) is 21.9. The van der Waals surface area contributed by atoms with Crippen LogP contribution in [0, 0.1) is 17.2 Å². The first-order chi connectivity index (χ1) is 9.10. The third-order valence-corrected chi connectivity index (χ3v) is 3.56. The van der Waals surface area contributed by atoms with Gasteiger partial charge in [0, 0.05) is 5.56 Å². The number of anilines is 1. The zero-order chi connectivity index (χ0) is 13.8. The van der Waals surface area contributed by atoms with Crippen LogP contribution in [0.15, 0.2) is 16.7 Å².